The van der Waals surface area contributed by atoms with Gasteiger partial charge >= 0.3 is 5.97 Å². The summed E-state index contributed by atoms with van der Waals surface area (Å²) in [6, 6.07) is 24.7. The lowest BCUT2D eigenvalue weighted by Gasteiger charge is -2.07. The first-order valence-electron chi connectivity index (χ1n) is 9.57. The fraction of sp³-hybridized carbons (Fsp3) is 0.120. The number of anilines is 1. The van der Waals surface area contributed by atoms with E-state index in [-0.39, 0.29) is 6.61 Å². The molecule has 0 saturated heterocycles. The Balaban J connectivity index is 1.46. The molecule has 3 rings (SSSR count). The van der Waals surface area contributed by atoms with E-state index in [4.69, 9.17) is 9.47 Å². The number of amides is 1. The third kappa shape index (κ3) is 6.95. The molecule has 3 aromatic rings. The zero-order chi connectivity index (χ0) is 21.2. The van der Waals surface area contributed by atoms with Gasteiger partial charge in [0.15, 0.2) is 6.61 Å². The van der Waals surface area contributed by atoms with E-state index < -0.39 is 11.9 Å². The number of carbonyl (C=O) groups is 2. The van der Waals surface area contributed by atoms with Crippen LogP contribution in [0, 0.1) is 6.92 Å². The van der Waals surface area contributed by atoms with E-state index >= 15 is 0 Å². The van der Waals surface area contributed by atoms with Gasteiger partial charge in [0.05, 0.1) is 0 Å². The highest BCUT2D eigenvalue weighted by Gasteiger charge is 2.06. The fourth-order valence-corrected chi connectivity index (χ4v) is 2.72. The van der Waals surface area contributed by atoms with Crippen molar-refractivity contribution in [1.29, 1.82) is 0 Å². The van der Waals surface area contributed by atoms with Gasteiger partial charge in [0.2, 0.25) is 0 Å². The molecule has 0 aliphatic carbocycles. The van der Waals surface area contributed by atoms with Crippen LogP contribution in [0.3, 0.4) is 0 Å². The van der Waals surface area contributed by atoms with Gasteiger partial charge in [-0.3, -0.25) is 4.79 Å². The zero-order valence-corrected chi connectivity index (χ0v) is 16.7. The monoisotopic (exact) mass is 401 g/mol. The third-order valence-electron chi connectivity index (χ3n) is 4.17. The molecule has 152 valence electrons. The van der Waals surface area contributed by atoms with Crippen molar-refractivity contribution in [2.45, 2.75) is 13.5 Å². The molecular weight excluding hydrogens is 378 g/mol. The van der Waals surface area contributed by atoms with Gasteiger partial charge in [0.1, 0.15) is 12.4 Å². The molecule has 0 spiro atoms. The highest BCUT2D eigenvalue weighted by molar-refractivity contribution is 5.94. The van der Waals surface area contributed by atoms with Crippen molar-refractivity contribution in [3.63, 3.8) is 0 Å². The van der Waals surface area contributed by atoms with E-state index in [0.29, 0.717) is 18.0 Å². The molecule has 0 bridgehead atoms. The molecule has 1 amide bonds. The van der Waals surface area contributed by atoms with E-state index in [0.717, 1.165) is 16.7 Å². The van der Waals surface area contributed by atoms with Gasteiger partial charge in [-0.1, -0.05) is 54.6 Å². The van der Waals surface area contributed by atoms with E-state index in [1.54, 1.807) is 12.1 Å². The maximum atomic E-state index is 11.9. The van der Waals surface area contributed by atoms with Gasteiger partial charge in [0, 0.05) is 11.8 Å². The van der Waals surface area contributed by atoms with Crippen molar-refractivity contribution in [3.8, 4) is 5.75 Å². The number of hydrogen-bond acceptors (Lipinski definition) is 4. The zero-order valence-electron chi connectivity index (χ0n) is 16.7. The molecule has 0 aliphatic heterocycles. The third-order valence-corrected chi connectivity index (χ3v) is 4.17. The van der Waals surface area contributed by atoms with Crippen molar-refractivity contribution in [3.05, 3.63) is 102 Å². The first-order valence-corrected chi connectivity index (χ1v) is 9.57. The Morgan fingerprint density at radius 1 is 0.933 bits per heavy atom. The van der Waals surface area contributed by atoms with Gasteiger partial charge in [-0.15, -0.1) is 0 Å². The molecule has 0 atom stereocenters. The summed E-state index contributed by atoms with van der Waals surface area (Å²) in [7, 11) is 0. The van der Waals surface area contributed by atoms with Gasteiger partial charge < -0.3 is 14.8 Å². The topological polar surface area (TPSA) is 64.6 Å². The minimum Gasteiger partial charge on any atom is -0.489 e. The summed E-state index contributed by atoms with van der Waals surface area (Å²) in [6.45, 7) is 2.05. The molecule has 5 nitrogen and oxygen atoms in total. The number of benzene rings is 3. The second-order valence-corrected chi connectivity index (χ2v) is 6.71. The number of aryl methyl sites for hydroxylation is 1. The highest BCUT2D eigenvalue weighted by atomic mass is 16.5. The average molecular weight is 401 g/mol. The number of hydrogen-bond donors (Lipinski definition) is 1. The van der Waals surface area contributed by atoms with Crippen LogP contribution in [0.25, 0.3) is 6.08 Å². The predicted molar refractivity (Wildman–Crippen MR) is 117 cm³/mol. The van der Waals surface area contributed by atoms with E-state index in [9.17, 15) is 9.59 Å². The first kappa shape index (κ1) is 20.9. The number of carbonyl (C=O) groups excluding carboxylic acids is 2. The molecule has 30 heavy (non-hydrogen) atoms. The lowest BCUT2D eigenvalue weighted by atomic mass is 10.2. The summed E-state index contributed by atoms with van der Waals surface area (Å²) < 4.78 is 10.8. The molecule has 0 aromatic heterocycles. The molecule has 0 radical (unpaired) electrons. The Labute approximate surface area is 176 Å². The molecule has 1 N–H and O–H groups in total. The molecule has 5 heteroatoms. The van der Waals surface area contributed by atoms with Crippen molar-refractivity contribution < 1.29 is 19.1 Å². The quantitative estimate of drug-likeness (QED) is 0.436. The average Bonchev–Trinajstić information content (AvgIpc) is 2.76. The fourth-order valence-electron chi connectivity index (χ4n) is 2.72. The summed E-state index contributed by atoms with van der Waals surface area (Å²) in [5.41, 5.74) is 3.56. The molecule has 0 heterocycles. The van der Waals surface area contributed by atoms with Crippen LogP contribution in [0.4, 0.5) is 5.69 Å². The van der Waals surface area contributed by atoms with Gasteiger partial charge in [-0.25, -0.2) is 4.79 Å². The van der Waals surface area contributed by atoms with E-state index in [1.807, 2.05) is 79.7 Å². The standard InChI is InChI=1S/C25H23NO4/c1-19-7-5-11-22(15-19)26-24(27)18-30-25(28)14-13-20-10-6-12-23(16-20)29-17-21-8-3-2-4-9-21/h2-16H,17-18H2,1H3,(H,26,27)/b14-13+. The normalized spacial score (nSPS) is 10.6. The second-order valence-electron chi connectivity index (χ2n) is 6.71. The van der Waals surface area contributed by atoms with Gasteiger partial charge in [-0.2, -0.15) is 0 Å². The van der Waals surface area contributed by atoms with Crippen molar-refractivity contribution in [2.24, 2.45) is 0 Å². The molecule has 0 fully saturated rings. The van der Waals surface area contributed by atoms with Crippen LogP contribution in [-0.4, -0.2) is 18.5 Å². The minimum atomic E-state index is -0.593. The number of esters is 1. The molecule has 0 aliphatic rings. The smallest absolute Gasteiger partial charge is 0.331 e. The van der Waals surface area contributed by atoms with Crippen molar-refractivity contribution in [1.82, 2.24) is 0 Å². The van der Waals surface area contributed by atoms with Crippen LogP contribution in [0.2, 0.25) is 0 Å². The second kappa shape index (κ2) is 10.6. The maximum absolute atomic E-state index is 11.9. The largest absolute Gasteiger partial charge is 0.489 e. The molecule has 3 aromatic carbocycles. The summed E-state index contributed by atoms with van der Waals surface area (Å²) in [4.78, 5) is 23.8. The van der Waals surface area contributed by atoms with Crippen molar-refractivity contribution >= 4 is 23.6 Å². The maximum Gasteiger partial charge on any atom is 0.331 e. The van der Waals surface area contributed by atoms with Gasteiger partial charge in [-0.05, 0) is 54.0 Å². The van der Waals surface area contributed by atoms with E-state index in [1.165, 1.54) is 6.08 Å². The molecule has 0 saturated carbocycles. The Bertz CT molecular complexity index is 1030. The Morgan fingerprint density at radius 3 is 2.53 bits per heavy atom. The van der Waals surface area contributed by atoms with Crippen LogP contribution in [0.5, 0.6) is 5.75 Å². The number of ether oxygens (including phenoxy) is 2. The first-order chi connectivity index (χ1) is 14.6. The lowest BCUT2D eigenvalue weighted by Crippen LogP contribution is -2.20. The SMILES string of the molecule is Cc1cccc(NC(=O)COC(=O)/C=C/c2cccc(OCc3ccccc3)c2)c1. The van der Waals surface area contributed by atoms with Gasteiger partial charge in [0.25, 0.3) is 5.91 Å². The summed E-state index contributed by atoms with van der Waals surface area (Å²) in [6.07, 6.45) is 2.91. The Morgan fingerprint density at radius 2 is 1.73 bits per heavy atom. The van der Waals surface area contributed by atoms with Crippen LogP contribution >= 0.6 is 0 Å². The van der Waals surface area contributed by atoms with Crippen LogP contribution in [0.15, 0.2) is 84.9 Å². The number of nitrogens with one attached hydrogen (secondary N) is 1. The Hall–Kier alpha value is -3.86. The van der Waals surface area contributed by atoms with Crippen LogP contribution in [0.1, 0.15) is 16.7 Å². The van der Waals surface area contributed by atoms with Crippen molar-refractivity contribution in [2.75, 3.05) is 11.9 Å². The summed E-state index contributed by atoms with van der Waals surface area (Å²) in [5, 5.41) is 2.69. The summed E-state index contributed by atoms with van der Waals surface area (Å²) in [5.74, 6) is -0.282. The van der Waals surface area contributed by atoms with Crippen LogP contribution in [-0.2, 0) is 20.9 Å². The van der Waals surface area contributed by atoms with E-state index in [2.05, 4.69) is 5.32 Å². The summed E-state index contributed by atoms with van der Waals surface area (Å²) >= 11 is 0. The number of rotatable bonds is 8. The minimum absolute atomic E-state index is 0.350. The molecular formula is C25H23NO4. The Kier molecular flexibility index (Phi) is 7.39. The molecule has 0 unspecified atom stereocenters. The van der Waals surface area contributed by atoms with Crippen LogP contribution < -0.4 is 10.1 Å². The lowest BCUT2D eigenvalue weighted by molar-refractivity contribution is -0.142. The highest BCUT2D eigenvalue weighted by Crippen LogP contribution is 2.16. The predicted octanol–water partition coefficient (Wildman–Crippen LogP) is 4.77.